The molecule has 0 aromatic heterocycles. The Kier molecular flexibility index (Phi) is 15.1. The van der Waals surface area contributed by atoms with Crippen molar-refractivity contribution in [3.05, 3.63) is 12.2 Å². The van der Waals surface area contributed by atoms with Gasteiger partial charge in [-0.2, -0.15) is 0 Å². The van der Waals surface area contributed by atoms with E-state index < -0.39 is 88.5 Å². The Morgan fingerprint density at radius 1 is 0.887 bits per heavy atom. The average molecular weight is 877 g/mol. The smallest absolute Gasteiger partial charge is 0.318 e. The molecule has 0 aliphatic carbocycles. The zero-order valence-corrected chi connectivity index (χ0v) is 39.5. The second-order valence-corrected chi connectivity index (χ2v) is 20.6. The number of ketones is 1. The van der Waals surface area contributed by atoms with Gasteiger partial charge in [-0.1, -0.05) is 61.5 Å². The number of amides is 2. The highest BCUT2D eigenvalue weighted by Gasteiger charge is 2.64. The highest BCUT2D eigenvalue weighted by atomic mass is 16.8. The number of hydrogen-bond donors (Lipinski definition) is 4. The number of rotatable bonds is 13. The molecule has 6 aliphatic heterocycles. The number of morpholine rings is 1. The third-order valence-corrected chi connectivity index (χ3v) is 16.9. The molecule has 2 spiro atoms. The number of carboxylic acids is 1. The predicted octanol–water partition coefficient (Wildman–Crippen LogP) is 6.63. The average Bonchev–Trinajstić information content (AvgIpc) is 3.59. The molecule has 354 valence electrons. The summed E-state index contributed by atoms with van der Waals surface area (Å²) in [5.74, 6) is -6.16. The minimum atomic E-state index is -1.33. The van der Waals surface area contributed by atoms with Crippen LogP contribution in [0.5, 0.6) is 0 Å². The van der Waals surface area contributed by atoms with Gasteiger partial charge in [-0.05, 0) is 96.5 Å². The van der Waals surface area contributed by atoms with Gasteiger partial charge in [0.25, 0.3) is 0 Å². The molecule has 0 aromatic carbocycles. The van der Waals surface area contributed by atoms with Crippen molar-refractivity contribution in [2.75, 3.05) is 26.3 Å². The van der Waals surface area contributed by atoms with Crippen LogP contribution in [-0.2, 0) is 38.0 Å². The molecule has 0 aromatic rings. The summed E-state index contributed by atoms with van der Waals surface area (Å²) >= 11 is 0. The van der Waals surface area contributed by atoms with Gasteiger partial charge in [-0.15, -0.1) is 0 Å². The van der Waals surface area contributed by atoms with Crippen LogP contribution in [0.2, 0.25) is 0 Å². The molecule has 5 fully saturated rings. The fourth-order valence-electron chi connectivity index (χ4n) is 11.9. The summed E-state index contributed by atoms with van der Waals surface area (Å²) in [5, 5.41) is 36.4. The molecule has 62 heavy (non-hydrogen) atoms. The number of aliphatic hydroxyl groups is 2. The van der Waals surface area contributed by atoms with Crippen LogP contribution in [0.3, 0.4) is 0 Å². The molecule has 14 nitrogen and oxygen atoms in total. The number of aliphatic carboxylic acids is 1. The highest BCUT2D eigenvalue weighted by Crippen LogP contribution is 2.54. The molecule has 0 saturated carbocycles. The van der Waals surface area contributed by atoms with Crippen molar-refractivity contribution in [3.8, 4) is 0 Å². The predicted molar refractivity (Wildman–Crippen MR) is 232 cm³/mol. The van der Waals surface area contributed by atoms with Crippen LogP contribution in [0.25, 0.3) is 0 Å². The van der Waals surface area contributed by atoms with Gasteiger partial charge in [0.05, 0.1) is 66.5 Å². The lowest BCUT2D eigenvalue weighted by Gasteiger charge is -2.55. The van der Waals surface area contributed by atoms with E-state index in [1.165, 1.54) is 0 Å². The first-order valence-electron chi connectivity index (χ1n) is 24.0. The maximum Gasteiger partial charge on any atom is 0.318 e. The van der Waals surface area contributed by atoms with Crippen molar-refractivity contribution in [2.45, 2.75) is 205 Å². The van der Waals surface area contributed by atoms with Crippen LogP contribution in [0.15, 0.2) is 12.2 Å². The molecular formula is C48H80N2O12. The van der Waals surface area contributed by atoms with Crippen molar-refractivity contribution in [2.24, 2.45) is 41.4 Å². The van der Waals surface area contributed by atoms with Crippen LogP contribution in [0, 0.1) is 41.4 Å². The summed E-state index contributed by atoms with van der Waals surface area (Å²) in [4.78, 5) is 42.4. The summed E-state index contributed by atoms with van der Waals surface area (Å²) in [6.45, 7) is 23.6. The maximum atomic E-state index is 14.8. The van der Waals surface area contributed by atoms with Gasteiger partial charge < -0.3 is 54.0 Å². The second-order valence-electron chi connectivity index (χ2n) is 20.6. The highest BCUT2D eigenvalue weighted by molar-refractivity contribution is 5.84. The number of carboxylic acid groups (broad SMARTS) is 1. The van der Waals surface area contributed by atoms with Crippen LogP contribution in [-0.4, -0.2) is 129 Å². The first kappa shape index (κ1) is 49.3. The number of nitrogens with one attached hydrogen (secondary N) is 1. The molecule has 0 bridgehead atoms. The first-order valence-corrected chi connectivity index (χ1v) is 24.0. The second kappa shape index (κ2) is 19.0. The summed E-state index contributed by atoms with van der Waals surface area (Å²) in [7, 11) is 0. The fourth-order valence-corrected chi connectivity index (χ4v) is 11.9. The van der Waals surface area contributed by atoms with E-state index in [4.69, 9.17) is 28.4 Å². The Balaban J connectivity index is 1.25. The standard InChI is InChI=1S/C48H80N2O12/c1-12-34(42(53)54)36-16-15-29(5)45(11,59-36)32(8)39(51)31(7)40(52)35(13-2)41-28(4)27-30(6)47(60-41)20-17-37(49-43(55)50-23-25-57-26-24-50)48(62-47)22-21-44(10,61-48)38-18-19-46(56,14-3)33(9)58-38/h17,20,28-39,41,51,56H,12-16,18-19,21-27H2,1-11H3,(H,49,55)(H,53,54)/t28-,29-,30+,31-,32-,33-,34+,35-,36+,37+,38+,39+,41-,44-,45?,46+,47-,48-/m0/s1. The van der Waals surface area contributed by atoms with E-state index in [-0.39, 0.29) is 35.7 Å². The maximum absolute atomic E-state index is 14.8. The van der Waals surface area contributed by atoms with Gasteiger partial charge in [-0.3, -0.25) is 9.59 Å². The number of hydrogen-bond acceptors (Lipinski definition) is 11. The topological polar surface area (TPSA) is 183 Å². The van der Waals surface area contributed by atoms with E-state index >= 15 is 0 Å². The Hall–Kier alpha value is -2.17. The van der Waals surface area contributed by atoms with Gasteiger partial charge in [0, 0.05) is 43.2 Å². The lowest BCUT2D eigenvalue weighted by Crippen LogP contribution is -2.66. The van der Waals surface area contributed by atoms with Crippen LogP contribution < -0.4 is 5.32 Å². The van der Waals surface area contributed by atoms with Crippen LogP contribution >= 0.6 is 0 Å². The molecule has 14 heteroatoms. The van der Waals surface area contributed by atoms with E-state index in [0.717, 1.165) is 6.42 Å². The number of ether oxygens (including phenoxy) is 6. The number of Topliss-reactive ketones (excluding diaryl/α,β-unsaturated/α-hetero) is 1. The fraction of sp³-hybridized carbons (Fsp3) is 0.896. The third-order valence-electron chi connectivity index (χ3n) is 16.9. The summed E-state index contributed by atoms with van der Waals surface area (Å²) in [5.41, 5.74) is -2.55. The van der Waals surface area contributed by atoms with Crippen molar-refractivity contribution in [3.63, 3.8) is 0 Å². The van der Waals surface area contributed by atoms with Crippen molar-refractivity contribution in [1.29, 1.82) is 0 Å². The van der Waals surface area contributed by atoms with Gasteiger partial charge in [0.1, 0.15) is 11.8 Å². The normalized spacial score (nSPS) is 43.8. The Bertz CT molecular complexity index is 1630. The van der Waals surface area contributed by atoms with Gasteiger partial charge in [0.2, 0.25) is 0 Å². The third kappa shape index (κ3) is 9.16. The number of carbonyl (C=O) groups excluding carboxylic acids is 2. The van der Waals surface area contributed by atoms with Crippen molar-refractivity contribution < 1.29 is 58.1 Å². The summed E-state index contributed by atoms with van der Waals surface area (Å²) < 4.78 is 40.4. The molecule has 6 heterocycles. The van der Waals surface area contributed by atoms with Crippen LogP contribution in [0.4, 0.5) is 4.79 Å². The Morgan fingerprint density at radius 2 is 1.56 bits per heavy atom. The molecule has 4 N–H and O–H groups in total. The quantitative estimate of drug-likeness (QED) is 0.145. The summed E-state index contributed by atoms with van der Waals surface area (Å²) in [6, 6.07) is -0.900. The lowest BCUT2D eigenvalue weighted by molar-refractivity contribution is -0.398. The SMILES string of the molecule is CC[C@@H](C(=O)[C@@H](C)[C@@H](O)[C@H](C)C1(C)O[C@@H]([C@@H](CC)C(=O)O)CC[C@@H]1C)[C@H]1O[C@]2(C=C[C@@H](NC(=O)N3CCOCC3)[C@]3(CC[C@@](C)([C@H]4CC[C@](O)(CC)[C@H](C)O4)O3)O2)[C@H](C)C[C@@H]1C. The van der Waals surface area contributed by atoms with E-state index in [9.17, 15) is 29.7 Å². The van der Waals surface area contributed by atoms with Crippen molar-refractivity contribution in [1.82, 2.24) is 10.2 Å². The van der Waals surface area contributed by atoms with Gasteiger partial charge in [0.15, 0.2) is 11.6 Å². The van der Waals surface area contributed by atoms with E-state index in [0.29, 0.717) is 84.1 Å². The summed E-state index contributed by atoms with van der Waals surface area (Å²) in [6.07, 6.45) is 6.87. The zero-order chi connectivity index (χ0) is 45.6. The number of urea groups is 1. The molecule has 1 unspecified atom stereocenters. The van der Waals surface area contributed by atoms with Gasteiger partial charge >= 0.3 is 12.0 Å². The lowest BCUT2D eigenvalue weighted by atomic mass is 9.68. The Labute approximate surface area is 370 Å². The zero-order valence-electron chi connectivity index (χ0n) is 39.5. The molecule has 2 amide bonds. The van der Waals surface area contributed by atoms with Gasteiger partial charge in [-0.25, -0.2) is 4.79 Å². The molecule has 18 atom stereocenters. The minimum absolute atomic E-state index is 0.0239. The first-order chi connectivity index (χ1) is 29.1. The van der Waals surface area contributed by atoms with Crippen molar-refractivity contribution >= 4 is 17.8 Å². The molecule has 6 rings (SSSR count). The van der Waals surface area contributed by atoms with E-state index in [1.54, 1.807) is 11.8 Å². The molecule has 5 saturated heterocycles. The largest absolute Gasteiger partial charge is 0.481 e. The number of aliphatic hydroxyl groups excluding tert-OH is 1. The molecule has 0 radical (unpaired) electrons. The molecular weight excluding hydrogens is 797 g/mol. The minimum Gasteiger partial charge on any atom is -0.481 e. The number of carbonyl (C=O) groups is 3. The monoisotopic (exact) mass is 877 g/mol. The van der Waals surface area contributed by atoms with E-state index in [2.05, 4.69) is 26.1 Å². The molecule has 6 aliphatic rings. The van der Waals surface area contributed by atoms with Crippen LogP contribution in [0.1, 0.15) is 140 Å². The Morgan fingerprint density at radius 3 is 2.18 bits per heavy atom. The van der Waals surface area contributed by atoms with E-state index in [1.807, 2.05) is 60.6 Å². The number of nitrogens with zero attached hydrogens (tertiary/aromatic N) is 1.